The first-order valence-corrected chi connectivity index (χ1v) is 11.0. The van der Waals surface area contributed by atoms with Gasteiger partial charge in [0.05, 0.1) is 11.4 Å². The SMILES string of the molecule is O=C(CCC(=O)NCC(=O)N1CCc2sccc2C1)CCC(=O)c1cccs1. The van der Waals surface area contributed by atoms with Gasteiger partial charge in [0.15, 0.2) is 5.78 Å². The van der Waals surface area contributed by atoms with E-state index in [1.165, 1.54) is 21.8 Å². The third kappa shape index (κ3) is 5.59. The van der Waals surface area contributed by atoms with Crippen molar-refractivity contribution in [3.05, 3.63) is 44.3 Å². The topological polar surface area (TPSA) is 83.6 Å². The van der Waals surface area contributed by atoms with Crippen molar-refractivity contribution in [1.82, 2.24) is 10.2 Å². The molecule has 6 nitrogen and oxygen atoms in total. The Hall–Kier alpha value is -2.32. The highest BCUT2D eigenvalue weighted by molar-refractivity contribution is 7.12. The zero-order chi connectivity index (χ0) is 19.9. The van der Waals surface area contributed by atoms with Crippen molar-refractivity contribution in [1.29, 1.82) is 0 Å². The zero-order valence-corrected chi connectivity index (χ0v) is 17.1. The number of rotatable bonds is 9. The average molecular weight is 419 g/mol. The van der Waals surface area contributed by atoms with Crippen LogP contribution in [0.15, 0.2) is 29.0 Å². The van der Waals surface area contributed by atoms with Crippen molar-refractivity contribution in [2.45, 2.75) is 38.6 Å². The molecule has 0 saturated carbocycles. The molecule has 1 aliphatic heterocycles. The first-order valence-electron chi connectivity index (χ1n) is 9.21. The van der Waals surface area contributed by atoms with Crippen molar-refractivity contribution in [2.75, 3.05) is 13.1 Å². The van der Waals surface area contributed by atoms with E-state index in [4.69, 9.17) is 0 Å². The molecule has 0 atom stereocenters. The molecule has 0 aliphatic carbocycles. The highest BCUT2D eigenvalue weighted by atomic mass is 32.1. The van der Waals surface area contributed by atoms with Crippen molar-refractivity contribution in [3.8, 4) is 0 Å². The molecule has 2 aromatic heterocycles. The van der Waals surface area contributed by atoms with Crippen LogP contribution in [0.2, 0.25) is 0 Å². The van der Waals surface area contributed by atoms with Crippen molar-refractivity contribution >= 4 is 46.1 Å². The standard InChI is InChI=1S/C20H22N2O4S2/c23-15(3-5-16(24)18-2-1-10-27-18)4-6-19(25)21-12-20(26)22-9-7-17-14(13-22)8-11-28-17/h1-2,8,10-11H,3-7,9,12-13H2,(H,21,25). The molecule has 1 aliphatic rings. The van der Waals surface area contributed by atoms with Gasteiger partial charge >= 0.3 is 0 Å². The monoisotopic (exact) mass is 418 g/mol. The molecule has 0 bridgehead atoms. The summed E-state index contributed by atoms with van der Waals surface area (Å²) in [6, 6.07) is 5.57. The van der Waals surface area contributed by atoms with E-state index in [2.05, 4.69) is 5.32 Å². The second-order valence-corrected chi connectivity index (χ2v) is 8.60. The van der Waals surface area contributed by atoms with E-state index in [1.54, 1.807) is 28.4 Å². The van der Waals surface area contributed by atoms with Gasteiger partial charge in [-0.15, -0.1) is 22.7 Å². The van der Waals surface area contributed by atoms with Crippen LogP contribution < -0.4 is 5.32 Å². The fourth-order valence-corrected chi connectivity index (χ4v) is 4.61. The van der Waals surface area contributed by atoms with Crippen LogP contribution >= 0.6 is 22.7 Å². The van der Waals surface area contributed by atoms with E-state index in [9.17, 15) is 19.2 Å². The molecule has 2 aromatic rings. The molecule has 2 amide bonds. The largest absolute Gasteiger partial charge is 0.347 e. The number of ketones is 2. The van der Waals surface area contributed by atoms with E-state index >= 15 is 0 Å². The normalized spacial score (nSPS) is 13.1. The molecule has 8 heteroatoms. The number of amides is 2. The number of fused-ring (bicyclic) bond motifs is 1. The van der Waals surface area contributed by atoms with E-state index < -0.39 is 0 Å². The summed E-state index contributed by atoms with van der Waals surface area (Å²) in [5.41, 5.74) is 1.18. The van der Waals surface area contributed by atoms with Gasteiger partial charge in [-0.05, 0) is 34.9 Å². The molecule has 28 heavy (non-hydrogen) atoms. The molecule has 0 spiro atoms. The van der Waals surface area contributed by atoms with Gasteiger partial charge < -0.3 is 10.2 Å². The van der Waals surface area contributed by atoms with Gasteiger partial charge in [-0.1, -0.05) is 6.07 Å². The minimum atomic E-state index is -0.320. The van der Waals surface area contributed by atoms with Gasteiger partial charge in [0.2, 0.25) is 11.8 Å². The Labute approximate surface area is 171 Å². The van der Waals surface area contributed by atoms with Crippen LogP contribution in [0.4, 0.5) is 0 Å². The maximum Gasteiger partial charge on any atom is 0.242 e. The molecule has 0 radical (unpaired) electrons. The highest BCUT2D eigenvalue weighted by Crippen LogP contribution is 2.23. The summed E-state index contributed by atoms with van der Waals surface area (Å²) >= 11 is 3.07. The molecular weight excluding hydrogens is 396 g/mol. The predicted octanol–water partition coefficient (Wildman–Crippen LogP) is 2.82. The molecular formula is C20H22N2O4S2. The van der Waals surface area contributed by atoms with Gasteiger partial charge in [-0.2, -0.15) is 0 Å². The molecule has 1 N–H and O–H groups in total. The van der Waals surface area contributed by atoms with E-state index in [-0.39, 0.29) is 55.6 Å². The van der Waals surface area contributed by atoms with Crippen LogP contribution in [0.5, 0.6) is 0 Å². The molecule has 0 fully saturated rings. The summed E-state index contributed by atoms with van der Waals surface area (Å²) in [5.74, 6) is -0.598. The number of carbonyl (C=O) groups excluding carboxylic acids is 4. The number of nitrogens with zero attached hydrogens (tertiary/aromatic N) is 1. The minimum Gasteiger partial charge on any atom is -0.347 e. The first kappa shape index (κ1) is 20.4. The lowest BCUT2D eigenvalue weighted by Gasteiger charge is -2.27. The fraction of sp³-hybridized carbons (Fsp3) is 0.400. The summed E-state index contributed by atoms with van der Waals surface area (Å²) in [7, 11) is 0. The van der Waals surface area contributed by atoms with Crippen LogP contribution in [0.1, 0.15) is 45.8 Å². The second-order valence-electron chi connectivity index (χ2n) is 6.65. The Balaban J connectivity index is 1.31. The third-order valence-corrected chi connectivity index (χ3v) is 6.59. The van der Waals surface area contributed by atoms with E-state index in [0.29, 0.717) is 18.0 Å². The van der Waals surface area contributed by atoms with Crippen molar-refractivity contribution in [3.63, 3.8) is 0 Å². The maximum absolute atomic E-state index is 12.3. The minimum absolute atomic E-state index is 0.0357. The van der Waals surface area contributed by atoms with Crippen LogP contribution in [0.25, 0.3) is 0 Å². The number of hydrogen-bond acceptors (Lipinski definition) is 6. The smallest absolute Gasteiger partial charge is 0.242 e. The number of nitrogens with one attached hydrogen (secondary N) is 1. The Morgan fingerprint density at radius 3 is 2.61 bits per heavy atom. The van der Waals surface area contributed by atoms with Crippen LogP contribution in [0.3, 0.4) is 0 Å². The van der Waals surface area contributed by atoms with Crippen LogP contribution in [-0.2, 0) is 27.3 Å². The third-order valence-electron chi connectivity index (χ3n) is 4.65. The van der Waals surface area contributed by atoms with Crippen LogP contribution in [-0.4, -0.2) is 41.4 Å². The molecule has 0 saturated heterocycles. The highest BCUT2D eigenvalue weighted by Gasteiger charge is 2.21. The summed E-state index contributed by atoms with van der Waals surface area (Å²) in [4.78, 5) is 51.7. The Morgan fingerprint density at radius 1 is 1.00 bits per heavy atom. The summed E-state index contributed by atoms with van der Waals surface area (Å²) in [6.45, 7) is 1.20. The van der Waals surface area contributed by atoms with Crippen LogP contribution in [0, 0.1) is 0 Å². The first-order chi connectivity index (χ1) is 13.5. The van der Waals surface area contributed by atoms with Crippen molar-refractivity contribution in [2.24, 2.45) is 0 Å². The maximum atomic E-state index is 12.3. The fourth-order valence-electron chi connectivity index (χ4n) is 3.03. The molecule has 148 valence electrons. The summed E-state index contributed by atoms with van der Waals surface area (Å²) < 4.78 is 0. The Kier molecular flexibility index (Phi) is 7.11. The number of thiophene rings is 2. The van der Waals surface area contributed by atoms with Gasteiger partial charge in [-0.3, -0.25) is 19.2 Å². The predicted molar refractivity (Wildman–Crippen MR) is 109 cm³/mol. The van der Waals surface area contributed by atoms with Gasteiger partial charge in [-0.25, -0.2) is 0 Å². The Bertz CT molecular complexity index is 857. The molecule has 3 heterocycles. The number of carbonyl (C=O) groups is 4. The van der Waals surface area contributed by atoms with E-state index in [0.717, 1.165) is 6.42 Å². The van der Waals surface area contributed by atoms with Gasteiger partial charge in [0, 0.05) is 43.6 Å². The average Bonchev–Trinajstić information content (AvgIpc) is 3.39. The Morgan fingerprint density at radius 2 is 1.82 bits per heavy atom. The number of hydrogen-bond donors (Lipinski definition) is 1. The summed E-state index contributed by atoms with van der Waals surface area (Å²) in [6.07, 6.45) is 1.28. The van der Waals surface area contributed by atoms with Gasteiger partial charge in [0.25, 0.3) is 0 Å². The van der Waals surface area contributed by atoms with Crippen molar-refractivity contribution < 1.29 is 19.2 Å². The lowest BCUT2D eigenvalue weighted by molar-refractivity contribution is -0.133. The lowest BCUT2D eigenvalue weighted by Crippen LogP contribution is -2.42. The summed E-state index contributed by atoms with van der Waals surface area (Å²) in [5, 5.41) is 6.45. The molecule has 0 aromatic carbocycles. The quantitative estimate of drug-likeness (QED) is 0.635. The van der Waals surface area contributed by atoms with Gasteiger partial charge in [0.1, 0.15) is 5.78 Å². The van der Waals surface area contributed by atoms with E-state index in [1.807, 2.05) is 16.8 Å². The molecule has 0 unspecified atom stereocenters. The lowest BCUT2D eigenvalue weighted by atomic mass is 10.1. The number of Topliss-reactive ketones (excluding diaryl/α,β-unsaturated/α-hetero) is 2. The zero-order valence-electron chi connectivity index (χ0n) is 15.4. The second kappa shape index (κ2) is 9.75. The molecule has 3 rings (SSSR count).